The molecule has 0 atom stereocenters. The molecule has 0 fully saturated rings. The minimum Gasteiger partial charge on any atom is -0.377 e. The molecule has 1 aromatic rings. The quantitative estimate of drug-likeness (QED) is 0.709. The molecule has 0 spiro atoms. The van der Waals surface area contributed by atoms with Crippen LogP contribution < -0.4 is 4.90 Å². The number of halogens is 3. The van der Waals surface area contributed by atoms with Crippen LogP contribution in [0.1, 0.15) is 10.4 Å². The van der Waals surface area contributed by atoms with Crippen LogP contribution in [0.25, 0.3) is 0 Å². The molecule has 0 aliphatic heterocycles. The third kappa shape index (κ3) is 2.49. The molecule has 0 radical (unpaired) electrons. The highest BCUT2D eigenvalue weighted by atomic mass is 19.4. The van der Waals surface area contributed by atoms with Crippen molar-refractivity contribution in [1.29, 1.82) is 0 Å². The number of ketones is 1. The Kier molecular flexibility index (Phi) is 3.02. The number of hydrogen-bond acceptors (Lipinski definition) is 2. The topological polar surface area (TPSA) is 20.3 Å². The zero-order valence-corrected chi connectivity index (χ0v) is 8.30. The highest BCUT2D eigenvalue weighted by Gasteiger charge is 2.40. The van der Waals surface area contributed by atoms with E-state index in [-0.39, 0.29) is 11.3 Å². The first kappa shape index (κ1) is 11.6. The molecular formula is C10H10F3NO. The second-order valence-electron chi connectivity index (χ2n) is 3.24. The molecule has 0 aliphatic rings. The maximum Gasteiger partial charge on any atom is 0.454 e. The fourth-order valence-electron chi connectivity index (χ4n) is 1.21. The Bertz CT molecular complexity index is 371. The predicted molar refractivity (Wildman–Crippen MR) is 51.2 cm³/mol. The lowest BCUT2D eigenvalue weighted by molar-refractivity contribution is -0.0884. The minimum atomic E-state index is -4.83. The van der Waals surface area contributed by atoms with Crippen molar-refractivity contribution >= 4 is 11.5 Å². The molecule has 0 saturated carbocycles. The summed E-state index contributed by atoms with van der Waals surface area (Å²) in [6.45, 7) is 0. The summed E-state index contributed by atoms with van der Waals surface area (Å²) < 4.78 is 36.6. The Balaban J connectivity index is 3.20. The number of alkyl halides is 3. The standard InChI is InChI=1S/C10H10F3NO/c1-14(2)8-6-4-3-5-7(8)9(15)10(11,12)13/h3-6H,1-2H3. The SMILES string of the molecule is CN(C)c1ccccc1C(=O)C(F)(F)F. The number of benzene rings is 1. The monoisotopic (exact) mass is 217 g/mol. The second-order valence-corrected chi connectivity index (χ2v) is 3.24. The first-order valence-electron chi connectivity index (χ1n) is 4.22. The van der Waals surface area contributed by atoms with E-state index in [1.165, 1.54) is 23.1 Å². The second kappa shape index (κ2) is 3.92. The zero-order chi connectivity index (χ0) is 11.6. The van der Waals surface area contributed by atoms with Crippen LogP contribution in [0.2, 0.25) is 0 Å². The van der Waals surface area contributed by atoms with E-state index in [1.54, 1.807) is 20.2 Å². The molecule has 82 valence electrons. The minimum absolute atomic E-state index is 0.264. The van der Waals surface area contributed by atoms with Gasteiger partial charge in [0.1, 0.15) is 0 Å². The van der Waals surface area contributed by atoms with Gasteiger partial charge in [-0.1, -0.05) is 12.1 Å². The van der Waals surface area contributed by atoms with Gasteiger partial charge >= 0.3 is 6.18 Å². The van der Waals surface area contributed by atoms with Crippen LogP contribution in [0.5, 0.6) is 0 Å². The van der Waals surface area contributed by atoms with Crippen molar-refractivity contribution in [3.05, 3.63) is 29.8 Å². The number of para-hydroxylation sites is 1. The highest BCUT2D eigenvalue weighted by molar-refractivity contribution is 6.04. The number of carbonyl (C=O) groups excluding carboxylic acids is 1. The summed E-state index contributed by atoms with van der Waals surface area (Å²) in [4.78, 5) is 12.5. The Hall–Kier alpha value is -1.52. The van der Waals surface area contributed by atoms with Crippen LogP contribution in [-0.2, 0) is 0 Å². The Morgan fingerprint density at radius 3 is 2.20 bits per heavy atom. The van der Waals surface area contributed by atoms with Crippen molar-refractivity contribution in [3.8, 4) is 0 Å². The summed E-state index contributed by atoms with van der Waals surface area (Å²) in [6.07, 6.45) is -4.83. The van der Waals surface area contributed by atoms with Gasteiger partial charge in [0.25, 0.3) is 5.78 Å². The molecule has 1 aromatic carbocycles. The summed E-state index contributed by atoms with van der Waals surface area (Å²) >= 11 is 0. The van der Waals surface area contributed by atoms with Gasteiger partial charge in [-0.05, 0) is 12.1 Å². The van der Waals surface area contributed by atoms with Crippen molar-refractivity contribution in [2.75, 3.05) is 19.0 Å². The average Bonchev–Trinajstić information content (AvgIpc) is 2.15. The largest absolute Gasteiger partial charge is 0.454 e. The van der Waals surface area contributed by atoms with E-state index in [4.69, 9.17) is 0 Å². The summed E-state index contributed by atoms with van der Waals surface area (Å²) in [7, 11) is 3.17. The molecule has 5 heteroatoms. The van der Waals surface area contributed by atoms with Gasteiger partial charge < -0.3 is 4.90 Å². The maximum atomic E-state index is 12.2. The van der Waals surface area contributed by atoms with Crippen LogP contribution in [-0.4, -0.2) is 26.1 Å². The van der Waals surface area contributed by atoms with E-state index in [1.807, 2.05) is 0 Å². The van der Waals surface area contributed by atoms with Crippen molar-refractivity contribution in [1.82, 2.24) is 0 Å². The molecule has 0 amide bonds. The first-order valence-corrected chi connectivity index (χ1v) is 4.22. The Morgan fingerprint density at radius 2 is 1.73 bits per heavy atom. The molecule has 15 heavy (non-hydrogen) atoms. The molecule has 2 nitrogen and oxygen atoms in total. The van der Waals surface area contributed by atoms with Crippen LogP contribution in [0.3, 0.4) is 0 Å². The van der Waals surface area contributed by atoms with E-state index >= 15 is 0 Å². The number of nitrogens with zero attached hydrogens (tertiary/aromatic N) is 1. The molecule has 0 N–H and O–H groups in total. The van der Waals surface area contributed by atoms with Gasteiger partial charge in [-0.25, -0.2) is 0 Å². The molecule has 0 saturated heterocycles. The fourth-order valence-corrected chi connectivity index (χ4v) is 1.21. The Labute approximate surface area is 85.3 Å². The van der Waals surface area contributed by atoms with Crippen molar-refractivity contribution < 1.29 is 18.0 Å². The molecular weight excluding hydrogens is 207 g/mol. The van der Waals surface area contributed by atoms with Crippen molar-refractivity contribution in [2.45, 2.75) is 6.18 Å². The number of rotatable bonds is 2. The summed E-state index contributed by atoms with van der Waals surface area (Å²) in [5.74, 6) is -1.81. The molecule has 0 unspecified atom stereocenters. The van der Waals surface area contributed by atoms with Gasteiger partial charge in [0.2, 0.25) is 0 Å². The maximum absolute atomic E-state index is 12.2. The van der Waals surface area contributed by atoms with E-state index in [0.29, 0.717) is 0 Å². The van der Waals surface area contributed by atoms with Gasteiger partial charge in [-0.2, -0.15) is 13.2 Å². The van der Waals surface area contributed by atoms with E-state index in [9.17, 15) is 18.0 Å². The van der Waals surface area contributed by atoms with E-state index in [2.05, 4.69) is 0 Å². The number of anilines is 1. The highest BCUT2D eigenvalue weighted by Crippen LogP contribution is 2.27. The van der Waals surface area contributed by atoms with Gasteiger partial charge in [-0.15, -0.1) is 0 Å². The molecule has 0 heterocycles. The first-order chi connectivity index (χ1) is 6.84. The van der Waals surface area contributed by atoms with Gasteiger partial charge in [0.15, 0.2) is 0 Å². The normalized spacial score (nSPS) is 11.3. The van der Waals surface area contributed by atoms with Gasteiger partial charge in [0, 0.05) is 19.8 Å². The van der Waals surface area contributed by atoms with Crippen molar-refractivity contribution in [2.24, 2.45) is 0 Å². The lowest BCUT2D eigenvalue weighted by Crippen LogP contribution is -2.25. The lowest BCUT2D eigenvalue weighted by atomic mass is 10.1. The third-order valence-corrected chi connectivity index (χ3v) is 1.89. The molecule has 0 aliphatic carbocycles. The molecule has 0 aromatic heterocycles. The van der Waals surface area contributed by atoms with Gasteiger partial charge in [-0.3, -0.25) is 4.79 Å². The lowest BCUT2D eigenvalue weighted by Gasteiger charge is -2.17. The van der Waals surface area contributed by atoms with Crippen LogP contribution in [0, 0.1) is 0 Å². The summed E-state index contributed by atoms with van der Waals surface area (Å²) in [5.41, 5.74) is -0.0603. The smallest absolute Gasteiger partial charge is 0.377 e. The molecule has 0 bridgehead atoms. The van der Waals surface area contributed by atoms with Crippen LogP contribution in [0.15, 0.2) is 24.3 Å². The predicted octanol–water partition coefficient (Wildman–Crippen LogP) is 2.50. The number of carbonyl (C=O) groups is 1. The average molecular weight is 217 g/mol. The third-order valence-electron chi connectivity index (χ3n) is 1.89. The van der Waals surface area contributed by atoms with Gasteiger partial charge in [0.05, 0.1) is 5.56 Å². The van der Waals surface area contributed by atoms with Crippen LogP contribution >= 0.6 is 0 Å². The zero-order valence-electron chi connectivity index (χ0n) is 8.30. The van der Waals surface area contributed by atoms with E-state index < -0.39 is 12.0 Å². The van der Waals surface area contributed by atoms with E-state index in [0.717, 1.165) is 0 Å². The number of Topliss-reactive ketones (excluding diaryl/α,β-unsaturated/α-hetero) is 1. The Morgan fingerprint density at radius 1 is 1.20 bits per heavy atom. The summed E-state index contributed by atoms with van der Waals surface area (Å²) in [5, 5.41) is 0. The molecule has 1 rings (SSSR count). The fraction of sp³-hybridized carbons (Fsp3) is 0.300. The number of hydrogen-bond donors (Lipinski definition) is 0. The van der Waals surface area contributed by atoms with Crippen LogP contribution in [0.4, 0.5) is 18.9 Å². The van der Waals surface area contributed by atoms with Crippen molar-refractivity contribution in [3.63, 3.8) is 0 Å². The summed E-state index contributed by atoms with van der Waals surface area (Å²) in [6, 6.07) is 5.64.